The van der Waals surface area contributed by atoms with E-state index in [4.69, 9.17) is 4.74 Å². The van der Waals surface area contributed by atoms with Crippen molar-refractivity contribution in [1.29, 1.82) is 0 Å². The Labute approximate surface area is 116 Å². The Morgan fingerprint density at radius 2 is 1.89 bits per heavy atom. The zero-order valence-electron chi connectivity index (χ0n) is 12.1. The molecule has 106 valence electrons. The van der Waals surface area contributed by atoms with E-state index < -0.39 is 0 Å². The van der Waals surface area contributed by atoms with Crippen LogP contribution in [0, 0.1) is 5.92 Å². The summed E-state index contributed by atoms with van der Waals surface area (Å²) in [6.07, 6.45) is 2.38. The van der Waals surface area contributed by atoms with Gasteiger partial charge in [0.15, 0.2) is 0 Å². The van der Waals surface area contributed by atoms with E-state index in [2.05, 4.69) is 54.6 Å². The molecule has 19 heavy (non-hydrogen) atoms. The van der Waals surface area contributed by atoms with E-state index >= 15 is 0 Å². The van der Waals surface area contributed by atoms with Gasteiger partial charge in [0.05, 0.1) is 0 Å². The molecule has 0 saturated carbocycles. The summed E-state index contributed by atoms with van der Waals surface area (Å²) in [7, 11) is 4.26. The molecule has 1 aliphatic rings. The van der Waals surface area contributed by atoms with Crippen molar-refractivity contribution in [3.8, 4) is 0 Å². The lowest BCUT2D eigenvalue weighted by molar-refractivity contribution is 0.0651. The molecule has 1 N–H and O–H groups in total. The Hall–Kier alpha value is -0.900. The molecule has 0 aliphatic carbocycles. The summed E-state index contributed by atoms with van der Waals surface area (Å²) in [5.41, 5.74) is 1.38. The molecule has 1 heterocycles. The highest BCUT2D eigenvalue weighted by Crippen LogP contribution is 2.17. The first kappa shape index (κ1) is 14.5. The normalized spacial score (nSPS) is 18.7. The predicted molar refractivity (Wildman–Crippen MR) is 79.3 cm³/mol. The van der Waals surface area contributed by atoms with Gasteiger partial charge in [0.2, 0.25) is 0 Å². The molecule has 3 nitrogen and oxygen atoms in total. The number of ether oxygens (including phenoxy) is 1. The number of hydrogen-bond donors (Lipinski definition) is 1. The Morgan fingerprint density at radius 1 is 1.21 bits per heavy atom. The fourth-order valence-electron chi connectivity index (χ4n) is 2.60. The molecular weight excluding hydrogens is 236 g/mol. The number of hydrogen-bond acceptors (Lipinski definition) is 3. The van der Waals surface area contributed by atoms with Crippen LogP contribution in [0.15, 0.2) is 30.3 Å². The lowest BCUT2D eigenvalue weighted by atomic mass is 9.99. The summed E-state index contributed by atoms with van der Waals surface area (Å²) < 4.78 is 5.42. The van der Waals surface area contributed by atoms with Gasteiger partial charge in [-0.3, -0.25) is 0 Å². The standard InChI is InChI=1S/C16H26N2O/c1-18(2)13-16(15-6-4-3-5-7-15)17-12-14-8-10-19-11-9-14/h3-7,14,16-17H,8-13H2,1-2H3. The maximum absolute atomic E-state index is 5.42. The van der Waals surface area contributed by atoms with Crippen molar-refractivity contribution in [3.63, 3.8) is 0 Å². The van der Waals surface area contributed by atoms with Crippen molar-refractivity contribution >= 4 is 0 Å². The van der Waals surface area contributed by atoms with E-state index in [-0.39, 0.29) is 0 Å². The monoisotopic (exact) mass is 262 g/mol. The zero-order valence-corrected chi connectivity index (χ0v) is 12.1. The molecule has 2 rings (SSSR count). The molecule has 0 bridgehead atoms. The highest BCUT2D eigenvalue weighted by molar-refractivity contribution is 5.19. The van der Waals surface area contributed by atoms with Crippen LogP contribution in [0.2, 0.25) is 0 Å². The minimum absolute atomic E-state index is 0.416. The molecule has 1 saturated heterocycles. The third-order valence-corrected chi connectivity index (χ3v) is 3.74. The number of benzene rings is 1. The Morgan fingerprint density at radius 3 is 2.53 bits per heavy atom. The summed E-state index contributed by atoms with van der Waals surface area (Å²) in [5, 5.41) is 3.74. The SMILES string of the molecule is CN(C)CC(NCC1CCOCC1)c1ccccc1. The van der Waals surface area contributed by atoms with Crippen LogP contribution in [-0.2, 0) is 4.74 Å². The smallest absolute Gasteiger partial charge is 0.0469 e. The van der Waals surface area contributed by atoms with Crippen molar-refractivity contribution in [2.24, 2.45) is 5.92 Å². The van der Waals surface area contributed by atoms with Gasteiger partial charge in [-0.2, -0.15) is 0 Å². The predicted octanol–water partition coefficient (Wildman–Crippen LogP) is 2.31. The Kier molecular flexibility index (Phi) is 5.83. The second-order valence-electron chi connectivity index (χ2n) is 5.69. The fourth-order valence-corrected chi connectivity index (χ4v) is 2.60. The average Bonchev–Trinajstić information content (AvgIpc) is 2.45. The molecule has 1 fully saturated rings. The largest absolute Gasteiger partial charge is 0.381 e. The van der Waals surface area contributed by atoms with Gasteiger partial charge in [-0.1, -0.05) is 30.3 Å². The Balaban J connectivity index is 1.90. The minimum atomic E-state index is 0.416. The topological polar surface area (TPSA) is 24.5 Å². The van der Waals surface area contributed by atoms with Crippen LogP contribution in [0.4, 0.5) is 0 Å². The number of rotatable bonds is 6. The molecule has 1 aliphatic heterocycles. The van der Waals surface area contributed by atoms with Crippen LogP contribution < -0.4 is 5.32 Å². The van der Waals surface area contributed by atoms with Crippen LogP contribution in [0.25, 0.3) is 0 Å². The molecule has 0 spiro atoms. The number of likely N-dealkylation sites (N-methyl/N-ethyl adjacent to an activating group) is 1. The first-order valence-corrected chi connectivity index (χ1v) is 7.26. The summed E-state index contributed by atoms with van der Waals surface area (Å²) in [4.78, 5) is 2.24. The van der Waals surface area contributed by atoms with E-state index in [9.17, 15) is 0 Å². The van der Waals surface area contributed by atoms with Gasteiger partial charge in [-0.25, -0.2) is 0 Å². The first-order valence-electron chi connectivity index (χ1n) is 7.26. The second kappa shape index (κ2) is 7.63. The molecule has 1 aromatic carbocycles. The minimum Gasteiger partial charge on any atom is -0.381 e. The first-order chi connectivity index (χ1) is 9.25. The molecule has 1 aromatic rings. The average molecular weight is 262 g/mol. The lowest BCUT2D eigenvalue weighted by Gasteiger charge is -2.27. The number of nitrogens with one attached hydrogen (secondary N) is 1. The molecule has 0 radical (unpaired) electrons. The molecule has 0 amide bonds. The molecule has 1 unspecified atom stereocenters. The number of nitrogens with zero attached hydrogens (tertiary/aromatic N) is 1. The van der Waals surface area contributed by atoms with Crippen molar-refractivity contribution in [2.75, 3.05) is 40.4 Å². The van der Waals surface area contributed by atoms with E-state index in [0.717, 1.165) is 32.2 Å². The maximum atomic E-state index is 5.42. The quantitative estimate of drug-likeness (QED) is 0.851. The highest BCUT2D eigenvalue weighted by atomic mass is 16.5. The van der Waals surface area contributed by atoms with Crippen LogP contribution in [0.5, 0.6) is 0 Å². The summed E-state index contributed by atoms with van der Waals surface area (Å²) in [6.45, 7) is 3.98. The molecule has 3 heteroatoms. The van der Waals surface area contributed by atoms with Crippen molar-refractivity contribution in [1.82, 2.24) is 10.2 Å². The van der Waals surface area contributed by atoms with Crippen molar-refractivity contribution < 1.29 is 4.74 Å². The van der Waals surface area contributed by atoms with Gasteiger partial charge in [0, 0.05) is 25.8 Å². The maximum Gasteiger partial charge on any atom is 0.0469 e. The third-order valence-electron chi connectivity index (χ3n) is 3.74. The highest BCUT2D eigenvalue weighted by Gasteiger charge is 2.17. The zero-order chi connectivity index (χ0) is 13.5. The van der Waals surface area contributed by atoms with Gasteiger partial charge >= 0.3 is 0 Å². The van der Waals surface area contributed by atoms with E-state index in [0.29, 0.717) is 6.04 Å². The molecule has 0 aromatic heterocycles. The van der Waals surface area contributed by atoms with Gasteiger partial charge in [0.1, 0.15) is 0 Å². The van der Waals surface area contributed by atoms with E-state index in [1.165, 1.54) is 18.4 Å². The van der Waals surface area contributed by atoms with E-state index in [1.807, 2.05) is 0 Å². The fraction of sp³-hybridized carbons (Fsp3) is 0.625. The van der Waals surface area contributed by atoms with Gasteiger partial charge in [-0.15, -0.1) is 0 Å². The van der Waals surface area contributed by atoms with Gasteiger partial charge < -0.3 is 15.0 Å². The van der Waals surface area contributed by atoms with Gasteiger partial charge in [0.25, 0.3) is 0 Å². The second-order valence-corrected chi connectivity index (χ2v) is 5.69. The van der Waals surface area contributed by atoms with Crippen molar-refractivity contribution in [2.45, 2.75) is 18.9 Å². The summed E-state index contributed by atoms with van der Waals surface area (Å²) >= 11 is 0. The summed E-state index contributed by atoms with van der Waals surface area (Å²) in [5.74, 6) is 0.766. The molecule has 1 atom stereocenters. The summed E-state index contributed by atoms with van der Waals surface area (Å²) in [6, 6.07) is 11.2. The molecular formula is C16H26N2O. The van der Waals surface area contributed by atoms with Crippen LogP contribution >= 0.6 is 0 Å². The third kappa shape index (κ3) is 4.94. The van der Waals surface area contributed by atoms with Crippen LogP contribution in [-0.4, -0.2) is 45.3 Å². The van der Waals surface area contributed by atoms with E-state index in [1.54, 1.807) is 0 Å². The van der Waals surface area contributed by atoms with Crippen LogP contribution in [0.1, 0.15) is 24.4 Å². The Bertz CT molecular complexity index is 347. The van der Waals surface area contributed by atoms with Gasteiger partial charge in [-0.05, 0) is 45.0 Å². The van der Waals surface area contributed by atoms with Crippen molar-refractivity contribution in [3.05, 3.63) is 35.9 Å². The lowest BCUT2D eigenvalue weighted by Crippen LogP contribution is -2.35. The van der Waals surface area contributed by atoms with Crippen LogP contribution in [0.3, 0.4) is 0 Å².